The predicted octanol–water partition coefficient (Wildman–Crippen LogP) is 4.85. The lowest BCUT2D eigenvalue weighted by molar-refractivity contribution is 0.308. The molecule has 4 heteroatoms. The number of hydrogen-bond acceptors (Lipinski definition) is 4. The van der Waals surface area contributed by atoms with Gasteiger partial charge >= 0.3 is 0 Å². The second-order valence-corrected chi connectivity index (χ2v) is 5.90. The Kier molecular flexibility index (Phi) is 4.06. The molecular weight excluding hydrogens is 282 g/mol. The summed E-state index contributed by atoms with van der Waals surface area (Å²) < 4.78 is 6.72. The topological polar surface area (TPSA) is 42.4 Å². The first-order valence-electron chi connectivity index (χ1n) is 7.09. The summed E-state index contributed by atoms with van der Waals surface area (Å²) in [5.74, 6) is 0.911. The summed E-state index contributed by atoms with van der Waals surface area (Å²) in [6.45, 7) is 2.80. The monoisotopic (exact) mass is 299 g/mol. The van der Waals surface area contributed by atoms with Crippen LogP contribution in [0.25, 0.3) is 20.8 Å². The third-order valence-electron chi connectivity index (χ3n) is 3.26. The van der Waals surface area contributed by atoms with Crippen LogP contribution in [0.2, 0.25) is 0 Å². The van der Waals surface area contributed by atoms with Gasteiger partial charge in [0.25, 0.3) is 0 Å². The molecule has 0 saturated carbocycles. The molecule has 1 aromatic heterocycles. The summed E-state index contributed by atoms with van der Waals surface area (Å²) >= 11 is 1.58. The molecule has 0 aliphatic rings. The van der Waals surface area contributed by atoms with Gasteiger partial charge in [0, 0.05) is 6.07 Å². The van der Waals surface area contributed by atoms with Crippen LogP contribution in [0.15, 0.2) is 42.5 Å². The quantitative estimate of drug-likeness (QED) is 0.685. The zero-order chi connectivity index (χ0) is 14.7. The molecule has 3 aromatic rings. The molecule has 2 aromatic carbocycles. The molecule has 21 heavy (non-hydrogen) atoms. The first-order chi connectivity index (χ1) is 10.3. The third kappa shape index (κ3) is 3.00. The average molecular weight is 299 g/mol. The molecule has 0 fully saturated rings. The number of aromatic hydroxyl groups is 1. The van der Waals surface area contributed by atoms with Crippen molar-refractivity contribution in [2.24, 2.45) is 0 Å². The van der Waals surface area contributed by atoms with Crippen molar-refractivity contribution >= 4 is 21.6 Å². The summed E-state index contributed by atoms with van der Waals surface area (Å²) in [6.07, 6.45) is 2.11. The second kappa shape index (κ2) is 6.14. The highest BCUT2D eigenvalue weighted by atomic mass is 32.1. The summed E-state index contributed by atoms with van der Waals surface area (Å²) in [5.41, 5.74) is 1.71. The third-order valence-corrected chi connectivity index (χ3v) is 4.33. The molecule has 3 nitrogen and oxygen atoms in total. The van der Waals surface area contributed by atoms with Gasteiger partial charge in [0.15, 0.2) is 0 Å². The number of phenolic OH excluding ortho intramolecular Hbond substituents is 1. The minimum Gasteiger partial charge on any atom is -0.507 e. The van der Waals surface area contributed by atoms with Crippen LogP contribution in [0, 0.1) is 0 Å². The molecule has 0 spiro atoms. The first-order valence-corrected chi connectivity index (χ1v) is 7.91. The molecular formula is C17H17NO2S. The van der Waals surface area contributed by atoms with E-state index >= 15 is 0 Å². The number of thiazole rings is 1. The fraction of sp³-hybridized carbons (Fsp3) is 0.235. The van der Waals surface area contributed by atoms with Crippen LogP contribution in [0.5, 0.6) is 11.5 Å². The van der Waals surface area contributed by atoms with Crippen molar-refractivity contribution in [3.05, 3.63) is 42.5 Å². The van der Waals surface area contributed by atoms with E-state index in [4.69, 9.17) is 4.74 Å². The zero-order valence-electron chi connectivity index (χ0n) is 11.9. The van der Waals surface area contributed by atoms with Gasteiger partial charge in [-0.05, 0) is 30.7 Å². The van der Waals surface area contributed by atoms with Gasteiger partial charge in [-0.3, -0.25) is 0 Å². The molecule has 0 bridgehead atoms. The molecule has 108 valence electrons. The molecule has 0 radical (unpaired) electrons. The van der Waals surface area contributed by atoms with E-state index in [1.165, 1.54) is 0 Å². The molecule has 3 rings (SSSR count). The lowest BCUT2D eigenvalue weighted by Crippen LogP contribution is -1.96. The van der Waals surface area contributed by atoms with E-state index in [1.54, 1.807) is 17.4 Å². The fourth-order valence-electron chi connectivity index (χ4n) is 2.10. The van der Waals surface area contributed by atoms with Crippen molar-refractivity contribution in [3.63, 3.8) is 0 Å². The van der Waals surface area contributed by atoms with E-state index in [0.29, 0.717) is 12.4 Å². The number of phenols is 1. The van der Waals surface area contributed by atoms with Gasteiger partial charge in [0.05, 0.1) is 22.4 Å². The van der Waals surface area contributed by atoms with E-state index < -0.39 is 0 Å². The molecule has 1 heterocycles. The molecule has 0 unspecified atom stereocenters. The highest BCUT2D eigenvalue weighted by Crippen LogP contribution is 2.36. The minimum absolute atomic E-state index is 0.211. The largest absolute Gasteiger partial charge is 0.507 e. The minimum atomic E-state index is 0.211. The van der Waals surface area contributed by atoms with Crippen LogP contribution >= 0.6 is 11.3 Å². The van der Waals surface area contributed by atoms with Crippen molar-refractivity contribution in [2.75, 3.05) is 6.61 Å². The number of ether oxygens (including phenoxy) is 1. The molecule has 1 N–H and O–H groups in total. The van der Waals surface area contributed by atoms with Crippen molar-refractivity contribution < 1.29 is 9.84 Å². The normalized spacial score (nSPS) is 10.9. The molecule has 0 amide bonds. The maximum absolute atomic E-state index is 10.2. The van der Waals surface area contributed by atoms with Crippen molar-refractivity contribution in [2.45, 2.75) is 19.8 Å². The number of aromatic nitrogens is 1. The Morgan fingerprint density at radius 2 is 2.05 bits per heavy atom. The Morgan fingerprint density at radius 3 is 2.81 bits per heavy atom. The zero-order valence-corrected chi connectivity index (χ0v) is 12.7. The Balaban J connectivity index is 1.88. The van der Waals surface area contributed by atoms with Crippen molar-refractivity contribution in [1.29, 1.82) is 0 Å². The number of fused-ring (bicyclic) bond motifs is 1. The van der Waals surface area contributed by atoms with Gasteiger partial charge in [0.1, 0.15) is 16.5 Å². The summed E-state index contributed by atoms with van der Waals surface area (Å²) in [5, 5.41) is 11.0. The summed E-state index contributed by atoms with van der Waals surface area (Å²) in [7, 11) is 0. The van der Waals surface area contributed by atoms with E-state index in [1.807, 2.05) is 36.4 Å². The molecule has 0 atom stereocenters. The fourth-order valence-corrected chi connectivity index (χ4v) is 3.10. The Morgan fingerprint density at radius 1 is 1.19 bits per heavy atom. The average Bonchev–Trinajstić information content (AvgIpc) is 2.91. The van der Waals surface area contributed by atoms with Crippen LogP contribution in [-0.2, 0) is 0 Å². The molecule has 0 aliphatic carbocycles. The van der Waals surface area contributed by atoms with Gasteiger partial charge in [0.2, 0.25) is 0 Å². The smallest absolute Gasteiger partial charge is 0.129 e. The Labute approximate surface area is 127 Å². The van der Waals surface area contributed by atoms with Crippen molar-refractivity contribution in [1.82, 2.24) is 4.98 Å². The van der Waals surface area contributed by atoms with Crippen LogP contribution in [-0.4, -0.2) is 16.7 Å². The maximum atomic E-state index is 10.2. The van der Waals surface area contributed by atoms with Crippen molar-refractivity contribution in [3.8, 4) is 22.1 Å². The lowest BCUT2D eigenvalue weighted by Gasteiger charge is -2.07. The number of benzene rings is 2. The van der Waals surface area contributed by atoms with Gasteiger partial charge in [-0.2, -0.15) is 0 Å². The molecule has 0 saturated heterocycles. The first kappa shape index (κ1) is 13.9. The van der Waals surface area contributed by atoms with Crippen LogP contribution in [0.4, 0.5) is 0 Å². The highest BCUT2D eigenvalue weighted by Gasteiger charge is 2.11. The number of nitrogens with zero attached hydrogens (tertiary/aromatic N) is 1. The van der Waals surface area contributed by atoms with Crippen LogP contribution < -0.4 is 4.74 Å². The van der Waals surface area contributed by atoms with E-state index in [2.05, 4.69) is 11.9 Å². The highest BCUT2D eigenvalue weighted by molar-refractivity contribution is 7.21. The van der Waals surface area contributed by atoms with E-state index in [0.717, 1.165) is 33.6 Å². The van der Waals surface area contributed by atoms with Gasteiger partial charge in [-0.25, -0.2) is 4.98 Å². The SMILES string of the molecule is CCCCOc1ccc(-c2nc3ccccc3s2)c(O)c1. The predicted molar refractivity (Wildman–Crippen MR) is 87.1 cm³/mol. The number of hydrogen-bond donors (Lipinski definition) is 1. The summed E-state index contributed by atoms with van der Waals surface area (Å²) in [4.78, 5) is 4.57. The van der Waals surface area contributed by atoms with Gasteiger partial charge < -0.3 is 9.84 Å². The van der Waals surface area contributed by atoms with E-state index in [-0.39, 0.29) is 5.75 Å². The lowest BCUT2D eigenvalue weighted by atomic mass is 10.2. The number of para-hydroxylation sites is 1. The number of unbranched alkanes of at least 4 members (excludes halogenated alkanes) is 1. The molecule has 0 aliphatic heterocycles. The van der Waals surface area contributed by atoms with Crippen LogP contribution in [0.3, 0.4) is 0 Å². The van der Waals surface area contributed by atoms with E-state index in [9.17, 15) is 5.11 Å². The summed E-state index contributed by atoms with van der Waals surface area (Å²) in [6, 6.07) is 13.4. The Bertz CT molecular complexity index is 718. The standard InChI is InChI=1S/C17H17NO2S/c1-2-3-10-20-12-8-9-13(15(19)11-12)17-18-14-6-4-5-7-16(14)21-17/h4-9,11,19H,2-3,10H2,1H3. The van der Waals surface area contributed by atoms with Gasteiger partial charge in [-0.15, -0.1) is 11.3 Å². The second-order valence-electron chi connectivity index (χ2n) is 4.87. The van der Waals surface area contributed by atoms with Crippen LogP contribution in [0.1, 0.15) is 19.8 Å². The van der Waals surface area contributed by atoms with Gasteiger partial charge in [-0.1, -0.05) is 25.5 Å². The number of rotatable bonds is 5. The maximum Gasteiger partial charge on any atom is 0.129 e. The Hall–Kier alpha value is -2.07.